The molecule has 2 aromatic rings. The summed E-state index contributed by atoms with van der Waals surface area (Å²) in [5.41, 5.74) is -1.02. The van der Waals surface area contributed by atoms with Crippen molar-refractivity contribution < 1.29 is 26.4 Å². The SMILES string of the molecule is CC[C@H](C)NS(=O)(=O)c1ccc(C(=O)Nc2cc(C(F)(F)F)[nH]n2)cc1. The average Bonchev–Trinajstić information content (AvgIpc) is 3.03. The fourth-order valence-electron chi connectivity index (χ4n) is 1.92. The minimum absolute atomic E-state index is 0.0199. The van der Waals surface area contributed by atoms with Crippen LogP contribution in [-0.2, 0) is 16.2 Å². The molecule has 26 heavy (non-hydrogen) atoms. The fraction of sp³-hybridized carbons (Fsp3) is 0.333. The van der Waals surface area contributed by atoms with Crippen molar-refractivity contribution in [2.45, 2.75) is 37.4 Å². The van der Waals surface area contributed by atoms with Crippen molar-refractivity contribution in [3.63, 3.8) is 0 Å². The van der Waals surface area contributed by atoms with Crippen LogP contribution in [0.15, 0.2) is 35.2 Å². The molecule has 1 aromatic heterocycles. The van der Waals surface area contributed by atoms with Crippen LogP contribution in [0.1, 0.15) is 36.3 Å². The van der Waals surface area contributed by atoms with E-state index >= 15 is 0 Å². The molecule has 7 nitrogen and oxygen atoms in total. The Labute approximate surface area is 148 Å². The van der Waals surface area contributed by atoms with Gasteiger partial charge in [-0.1, -0.05) is 6.92 Å². The quantitative estimate of drug-likeness (QED) is 0.705. The molecule has 0 aliphatic rings. The van der Waals surface area contributed by atoms with Gasteiger partial charge in [0.05, 0.1) is 4.90 Å². The number of halogens is 3. The maximum absolute atomic E-state index is 12.5. The molecule has 142 valence electrons. The van der Waals surface area contributed by atoms with Gasteiger partial charge in [0.25, 0.3) is 5.91 Å². The van der Waals surface area contributed by atoms with E-state index in [1.807, 2.05) is 6.92 Å². The summed E-state index contributed by atoms with van der Waals surface area (Å²) in [6.45, 7) is 3.55. The van der Waals surface area contributed by atoms with Crippen LogP contribution in [0.2, 0.25) is 0 Å². The normalized spacial score (nSPS) is 13.4. The lowest BCUT2D eigenvalue weighted by Crippen LogP contribution is -2.32. The lowest BCUT2D eigenvalue weighted by Gasteiger charge is -2.12. The largest absolute Gasteiger partial charge is 0.432 e. The summed E-state index contributed by atoms with van der Waals surface area (Å²) in [5, 5.41) is 7.35. The molecule has 11 heteroatoms. The molecule has 0 bridgehead atoms. The fourth-order valence-corrected chi connectivity index (χ4v) is 3.25. The van der Waals surface area contributed by atoms with Crippen LogP contribution in [0.5, 0.6) is 0 Å². The molecular weight excluding hydrogens is 373 g/mol. The first-order valence-corrected chi connectivity index (χ1v) is 9.07. The predicted octanol–water partition coefficient (Wildman–Crippen LogP) is 2.76. The van der Waals surface area contributed by atoms with Crippen molar-refractivity contribution in [3.05, 3.63) is 41.6 Å². The molecule has 2 rings (SSSR count). The molecule has 3 N–H and O–H groups in total. The van der Waals surface area contributed by atoms with Crippen LogP contribution in [0.25, 0.3) is 0 Å². The van der Waals surface area contributed by atoms with Gasteiger partial charge in [0, 0.05) is 17.7 Å². The second-order valence-corrected chi connectivity index (χ2v) is 7.29. The van der Waals surface area contributed by atoms with E-state index in [9.17, 15) is 26.4 Å². The van der Waals surface area contributed by atoms with E-state index in [2.05, 4.69) is 15.1 Å². The highest BCUT2D eigenvalue weighted by Crippen LogP contribution is 2.28. The van der Waals surface area contributed by atoms with Gasteiger partial charge in [-0.2, -0.15) is 18.3 Å². The Morgan fingerprint density at radius 3 is 2.38 bits per heavy atom. The minimum atomic E-state index is -4.60. The summed E-state index contributed by atoms with van der Waals surface area (Å²) < 4.78 is 64.2. The molecule has 0 saturated heterocycles. The second kappa shape index (κ2) is 7.46. The standard InChI is InChI=1S/C15H17F3N4O3S/c1-3-9(2)22-26(24,25)11-6-4-10(5-7-11)14(23)19-13-8-12(20-21-13)15(16,17)18/h4-9,22H,3H2,1-2H3,(H2,19,20,21,23)/t9-/m0/s1. The molecule has 1 heterocycles. The monoisotopic (exact) mass is 390 g/mol. The first-order valence-electron chi connectivity index (χ1n) is 7.59. The number of aromatic amines is 1. The van der Waals surface area contributed by atoms with E-state index in [0.717, 1.165) is 0 Å². The van der Waals surface area contributed by atoms with Crippen LogP contribution >= 0.6 is 0 Å². The Bertz CT molecular complexity index is 876. The molecule has 0 aliphatic heterocycles. The highest BCUT2D eigenvalue weighted by Gasteiger charge is 2.33. The van der Waals surface area contributed by atoms with Crippen LogP contribution in [-0.4, -0.2) is 30.6 Å². The number of alkyl halides is 3. The third kappa shape index (κ3) is 4.82. The summed E-state index contributed by atoms with van der Waals surface area (Å²) in [5.74, 6) is -1.01. The van der Waals surface area contributed by atoms with Gasteiger partial charge in [0.1, 0.15) is 5.69 Å². The number of carbonyl (C=O) groups is 1. The van der Waals surface area contributed by atoms with Crippen molar-refractivity contribution in [1.82, 2.24) is 14.9 Å². The van der Waals surface area contributed by atoms with Gasteiger partial charge in [-0.25, -0.2) is 13.1 Å². The zero-order chi connectivity index (χ0) is 19.5. The van der Waals surface area contributed by atoms with Crippen molar-refractivity contribution >= 4 is 21.7 Å². The second-order valence-electron chi connectivity index (χ2n) is 5.57. The number of sulfonamides is 1. The number of anilines is 1. The summed E-state index contributed by atoms with van der Waals surface area (Å²) in [7, 11) is -3.71. The molecule has 0 spiro atoms. The molecule has 0 aliphatic carbocycles. The van der Waals surface area contributed by atoms with Gasteiger partial charge in [-0.15, -0.1) is 0 Å². The Morgan fingerprint density at radius 2 is 1.88 bits per heavy atom. The zero-order valence-electron chi connectivity index (χ0n) is 13.9. The van der Waals surface area contributed by atoms with Gasteiger partial charge in [-0.3, -0.25) is 9.89 Å². The topological polar surface area (TPSA) is 104 Å². The van der Waals surface area contributed by atoms with Crippen molar-refractivity contribution in [2.24, 2.45) is 0 Å². The highest BCUT2D eigenvalue weighted by molar-refractivity contribution is 7.89. The van der Waals surface area contributed by atoms with Gasteiger partial charge < -0.3 is 5.32 Å². The molecule has 0 saturated carbocycles. The Balaban J connectivity index is 2.10. The molecule has 0 radical (unpaired) electrons. The lowest BCUT2D eigenvalue weighted by atomic mass is 10.2. The molecule has 1 atom stereocenters. The third-order valence-corrected chi connectivity index (χ3v) is 5.13. The zero-order valence-corrected chi connectivity index (χ0v) is 14.7. The molecular formula is C15H17F3N4O3S. The number of hydrogen-bond donors (Lipinski definition) is 3. The first-order chi connectivity index (χ1) is 12.0. The number of H-pyrrole nitrogens is 1. The van der Waals surface area contributed by atoms with Crippen molar-refractivity contribution in [3.8, 4) is 0 Å². The van der Waals surface area contributed by atoms with E-state index in [1.54, 1.807) is 12.0 Å². The summed E-state index contributed by atoms with van der Waals surface area (Å²) in [6.07, 6.45) is -3.99. The van der Waals surface area contributed by atoms with Crippen LogP contribution < -0.4 is 10.0 Å². The van der Waals surface area contributed by atoms with Gasteiger partial charge in [0.15, 0.2) is 5.82 Å². The smallest absolute Gasteiger partial charge is 0.305 e. The Morgan fingerprint density at radius 1 is 1.27 bits per heavy atom. The van der Waals surface area contributed by atoms with E-state index in [1.165, 1.54) is 24.3 Å². The number of aromatic nitrogens is 2. The van der Waals surface area contributed by atoms with Crippen molar-refractivity contribution in [2.75, 3.05) is 5.32 Å². The highest BCUT2D eigenvalue weighted by atomic mass is 32.2. The minimum Gasteiger partial charge on any atom is -0.305 e. The number of amides is 1. The van der Waals surface area contributed by atoms with Gasteiger partial charge in [-0.05, 0) is 37.6 Å². The van der Waals surface area contributed by atoms with Crippen molar-refractivity contribution in [1.29, 1.82) is 0 Å². The van der Waals surface area contributed by atoms with Crippen LogP contribution in [0.3, 0.4) is 0 Å². The number of rotatable bonds is 6. The van der Waals surface area contributed by atoms with Crippen LogP contribution in [0.4, 0.5) is 19.0 Å². The number of benzene rings is 1. The molecule has 0 fully saturated rings. The first kappa shape index (κ1) is 19.9. The Kier molecular flexibility index (Phi) is 5.71. The third-order valence-electron chi connectivity index (χ3n) is 3.52. The predicted molar refractivity (Wildman–Crippen MR) is 88.1 cm³/mol. The molecule has 1 aromatic carbocycles. The number of hydrogen-bond acceptors (Lipinski definition) is 4. The maximum atomic E-state index is 12.5. The Hall–Kier alpha value is -2.40. The summed E-state index contributed by atoms with van der Waals surface area (Å²) in [6, 6.07) is 5.42. The summed E-state index contributed by atoms with van der Waals surface area (Å²) in [4.78, 5) is 12.0. The van der Waals surface area contributed by atoms with Gasteiger partial charge >= 0.3 is 6.18 Å². The van der Waals surface area contributed by atoms with E-state index < -0.39 is 27.8 Å². The molecule has 0 unspecified atom stereocenters. The number of carbonyl (C=O) groups excluding carboxylic acids is 1. The lowest BCUT2D eigenvalue weighted by molar-refractivity contribution is -0.141. The molecule has 1 amide bonds. The number of nitrogens with zero attached hydrogens (tertiary/aromatic N) is 1. The van der Waals surface area contributed by atoms with Crippen LogP contribution in [0, 0.1) is 0 Å². The van der Waals surface area contributed by atoms with Gasteiger partial charge in [0.2, 0.25) is 10.0 Å². The van der Waals surface area contributed by atoms with E-state index in [4.69, 9.17) is 0 Å². The average molecular weight is 390 g/mol. The van der Waals surface area contributed by atoms with E-state index in [0.29, 0.717) is 12.5 Å². The number of nitrogens with one attached hydrogen (secondary N) is 3. The maximum Gasteiger partial charge on any atom is 0.432 e. The summed E-state index contributed by atoms with van der Waals surface area (Å²) >= 11 is 0. The van der Waals surface area contributed by atoms with E-state index in [-0.39, 0.29) is 22.3 Å².